The van der Waals surface area contributed by atoms with Crippen LogP contribution in [0.1, 0.15) is 30.0 Å². The van der Waals surface area contributed by atoms with Crippen LogP contribution in [0.3, 0.4) is 0 Å². The second-order valence-electron chi connectivity index (χ2n) is 8.66. The monoisotopic (exact) mass is 499 g/mol. The lowest BCUT2D eigenvalue weighted by molar-refractivity contribution is -0.139. The van der Waals surface area contributed by atoms with E-state index in [9.17, 15) is 14.0 Å². The van der Waals surface area contributed by atoms with Crippen LogP contribution in [0.25, 0.3) is 0 Å². The Bertz CT molecular complexity index is 1170. The lowest BCUT2D eigenvalue weighted by atomic mass is 10.1. The van der Waals surface area contributed by atoms with E-state index in [0.717, 1.165) is 5.56 Å². The van der Waals surface area contributed by atoms with Crippen LogP contribution >= 0.6 is 11.6 Å². The molecule has 0 saturated carbocycles. The summed E-state index contributed by atoms with van der Waals surface area (Å²) >= 11 is 6.10. The summed E-state index contributed by atoms with van der Waals surface area (Å²) in [5, 5.41) is 3.12. The first-order valence-corrected chi connectivity index (χ1v) is 11.7. The third-order valence-corrected chi connectivity index (χ3v) is 6.26. The highest BCUT2D eigenvalue weighted by molar-refractivity contribution is 6.31. The maximum atomic E-state index is 13.2. The summed E-state index contributed by atoms with van der Waals surface area (Å²) in [6.07, 6.45) is 1.41. The summed E-state index contributed by atoms with van der Waals surface area (Å²) in [4.78, 5) is 29.5. The molecule has 1 saturated heterocycles. The van der Waals surface area contributed by atoms with Crippen molar-refractivity contribution in [2.75, 3.05) is 25.0 Å². The van der Waals surface area contributed by atoms with Crippen LogP contribution in [-0.4, -0.2) is 53.4 Å². The topological polar surface area (TPSA) is 75.0 Å². The number of furan rings is 1. The van der Waals surface area contributed by atoms with Gasteiger partial charge in [-0.25, -0.2) is 4.39 Å². The lowest BCUT2D eigenvalue weighted by Gasteiger charge is -2.44. The molecule has 2 aromatic carbocycles. The van der Waals surface area contributed by atoms with Gasteiger partial charge in [0, 0.05) is 36.7 Å². The number of benzene rings is 2. The zero-order valence-corrected chi connectivity index (χ0v) is 20.3. The Kier molecular flexibility index (Phi) is 7.73. The summed E-state index contributed by atoms with van der Waals surface area (Å²) in [6, 6.07) is 14.5. The highest BCUT2D eigenvalue weighted by Crippen LogP contribution is 2.29. The highest BCUT2D eigenvalue weighted by Gasteiger charge is 2.32. The van der Waals surface area contributed by atoms with Gasteiger partial charge in [0.05, 0.1) is 12.0 Å². The standard InChI is InChI=1S/C26H27ClFN3O4/c1-17-14-31(18(2)13-30(17)15-19-5-8-21(28)9-6-19)25(32)16-35-23-10-7-20(27)12-22(23)29-26(33)24-4-3-11-34-24/h3-12,17-18H,13-16H2,1-2H3,(H,29,33). The number of ether oxygens (including phenoxy) is 1. The summed E-state index contributed by atoms with van der Waals surface area (Å²) in [7, 11) is 0. The molecule has 2 atom stereocenters. The number of carbonyl (C=O) groups is 2. The minimum Gasteiger partial charge on any atom is -0.482 e. The molecule has 1 N–H and O–H groups in total. The summed E-state index contributed by atoms with van der Waals surface area (Å²) in [5.74, 6) is -0.376. The Balaban J connectivity index is 1.36. The van der Waals surface area contributed by atoms with Crippen molar-refractivity contribution in [1.29, 1.82) is 0 Å². The quantitative estimate of drug-likeness (QED) is 0.504. The number of halogens is 2. The number of hydrogen-bond donors (Lipinski definition) is 1. The number of anilines is 1. The first-order valence-electron chi connectivity index (χ1n) is 11.4. The molecule has 1 aromatic heterocycles. The van der Waals surface area contributed by atoms with Gasteiger partial charge in [-0.3, -0.25) is 14.5 Å². The number of amides is 2. The van der Waals surface area contributed by atoms with Gasteiger partial charge in [-0.2, -0.15) is 0 Å². The van der Waals surface area contributed by atoms with E-state index in [2.05, 4.69) is 17.1 Å². The maximum Gasteiger partial charge on any atom is 0.291 e. The number of nitrogens with one attached hydrogen (secondary N) is 1. The summed E-state index contributed by atoms with van der Waals surface area (Å²) < 4.78 is 24.1. The van der Waals surface area contributed by atoms with Crippen LogP contribution < -0.4 is 10.1 Å². The van der Waals surface area contributed by atoms with Crippen molar-refractivity contribution in [3.8, 4) is 5.75 Å². The van der Waals surface area contributed by atoms with E-state index in [1.807, 2.05) is 11.8 Å². The zero-order valence-electron chi connectivity index (χ0n) is 19.5. The smallest absolute Gasteiger partial charge is 0.291 e. The van der Waals surface area contributed by atoms with E-state index in [1.54, 1.807) is 42.5 Å². The first-order chi connectivity index (χ1) is 16.8. The molecule has 7 nitrogen and oxygen atoms in total. The van der Waals surface area contributed by atoms with Crippen molar-refractivity contribution in [1.82, 2.24) is 9.80 Å². The van der Waals surface area contributed by atoms with Gasteiger partial charge in [-0.15, -0.1) is 0 Å². The molecule has 35 heavy (non-hydrogen) atoms. The van der Waals surface area contributed by atoms with Gasteiger partial charge >= 0.3 is 0 Å². The van der Waals surface area contributed by atoms with Crippen molar-refractivity contribution in [3.05, 3.63) is 83.0 Å². The van der Waals surface area contributed by atoms with Crippen LogP contribution in [-0.2, 0) is 11.3 Å². The number of hydrogen-bond acceptors (Lipinski definition) is 5. The minimum atomic E-state index is -0.451. The zero-order chi connectivity index (χ0) is 24.9. The average molecular weight is 500 g/mol. The number of nitrogens with zero attached hydrogens (tertiary/aromatic N) is 2. The molecule has 0 aliphatic carbocycles. The van der Waals surface area contributed by atoms with Gasteiger partial charge in [0.2, 0.25) is 0 Å². The van der Waals surface area contributed by atoms with E-state index in [1.165, 1.54) is 18.4 Å². The molecular formula is C26H27ClFN3O4. The predicted molar refractivity (Wildman–Crippen MR) is 131 cm³/mol. The second kappa shape index (κ2) is 10.9. The van der Waals surface area contributed by atoms with E-state index in [4.69, 9.17) is 20.8 Å². The highest BCUT2D eigenvalue weighted by atomic mass is 35.5. The first kappa shape index (κ1) is 24.8. The fourth-order valence-electron chi connectivity index (χ4n) is 4.13. The van der Waals surface area contributed by atoms with Crippen LogP contribution in [0.4, 0.5) is 10.1 Å². The largest absolute Gasteiger partial charge is 0.482 e. The van der Waals surface area contributed by atoms with Crippen LogP contribution in [0.2, 0.25) is 5.02 Å². The maximum absolute atomic E-state index is 13.2. The van der Waals surface area contributed by atoms with Crippen molar-refractivity contribution in [3.63, 3.8) is 0 Å². The SMILES string of the molecule is CC1CN(C(=O)COc2ccc(Cl)cc2NC(=O)c2ccco2)C(C)CN1Cc1ccc(F)cc1. The third kappa shape index (κ3) is 6.21. The molecular weight excluding hydrogens is 473 g/mol. The van der Waals surface area contributed by atoms with Crippen molar-refractivity contribution < 1.29 is 23.1 Å². The van der Waals surface area contributed by atoms with E-state index in [0.29, 0.717) is 36.1 Å². The Labute approximate surface area is 208 Å². The average Bonchev–Trinajstić information content (AvgIpc) is 3.37. The van der Waals surface area contributed by atoms with E-state index < -0.39 is 5.91 Å². The van der Waals surface area contributed by atoms with Crippen LogP contribution in [0, 0.1) is 5.82 Å². The van der Waals surface area contributed by atoms with Gasteiger partial charge in [-0.1, -0.05) is 23.7 Å². The number of carbonyl (C=O) groups excluding carboxylic acids is 2. The second-order valence-corrected chi connectivity index (χ2v) is 9.10. The predicted octanol–water partition coefficient (Wildman–Crippen LogP) is 4.82. The summed E-state index contributed by atoms with van der Waals surface area (Å²) in [6.45, 7) is 5.81. The fourth-order valence-corrected chi connectivity index (χ4v) is 4.30. The fraction of sp³-hybridized carbons (Fsp3) is 0.308. The minimum absolute atomic E-state index is 0.0221. The molecule has 3 aromatic rings. The molecule has 1 aliphatic heterocycles. The van der Waals surface area contributed by atoms with Crippen molar-refractivity contribution >= 4 is 29.1 Å². The molecule has 0 spiro atoms. The Hall–Kier alpha value is -3.36. The van der Waals surface area contributed by atoms with Gasteiger partial charge < -0.3 is 19.4 Å². The Morgan fingerprint density at radius 3 is 2.60 bits per heavy atom. The third-order valence-electron chi connectivity index (χ3n) is 6.02. The molecule has 1 aliphatic rings. The normalized spacial score (nSPS) is 18.3. The van der Waals surface area contributed by atoms with Crippen LogP contribution in [0.15, 0.2) is 65.3 Å². The van der Waals surface area contributed by atoms with Crippen molar-refractivity contribution in [2.45, 2.75) is 32.5 Å². The summed E-state index contributed by atoms with van der Waals surface area (Å²) in [5.41, 5.74) is 1.37. The molecule has 1 fully saturated rings. The Morgan fingerprint density at radius 2 is 1.89 bits per heavy atom. The van der Waals surface area contributed by atoms with Crippen LogP contribution in [0.5, 0.6) is 5.75 Å². The number of rotatable bonds is 7. The molecule has 0 bridgehead atoms. The van der Waals surface area contributed by atoms with Gasteiger partial charge in [-0.05, 0) is 61.9 Å². The molecule has 2 unspecified atom stereocenters. The number of piperazine rings is 1. The lowest BCUT2D eigenvalue weighted by Crippen LogP contribution is -2.58. The van der Waals surface area contributed by atoms with Gasteiger partial charge in [0.15, 0.2) is 12.4 Å². The molecule has 2 heterocycles. The molecule has 4 rings (SSSR count). The molecule has 2 amide bonds. The molecule has 184 valence electrons. The molecule has 9 heteroatoms. The van der Waals surface area contributed by atoms with E-state index in [-0.39, 0.29) is 36.2 Å². The van der Waals surface area contributed by atoms with E-state index >= 15 is 0 Å². The molecule has 0 radical (unpaired) electrons. The van der Waals surface area contributed by atoms with Crippen molar-refractivity contribution in [2.24, 2.45) is 0 Å². The van der Waals surface area contributed by atoms with Gasteiger partial charge in [0.1, 0.15) is 11.6 Å². The van der Waals surface area contributed by atoms with Gasteiger partial charge in [0.25, 0.3) is 11.8 Å². The Morgan fingerprint density at radius 1 is 1.11 bits per heavy atom.